The van der Waals surface area contributed by atoms with Crippen LogP contribution in [0, 0.1) is 5.92 Å². The molecule has 1 fully saturated rings. The summed E-state index contributed by atoms with van der Waals surface area (Å²) in [5.74, 6) is 0.779. The topological polar surface area (TPSA) is 83.7 Å². The zero-order valence-electron chi connectivity index (χ0n) is 18.7. The molecule has 0 radical (unpaired) electrons. The van der Waals surface area contributed by atoms with Gasteiger partial charge in [0.15, 0.2) is 0 Å². The van der Waals surface area contributed by atoms with Crippen molar-refractivity contribution in [2.75, 3.05) is 20.3 Å². The van der Waals surface area contributed by atoms with Crippen LogP contribution in [0.3, 0.4) is 0 Å². The van der Waals surface area contributed by atoms with Crippen molar-refractivity contribution in [2.24, 2.45) is 5.92 Å². The van der Waals surface area contributed by atoms with Gasteiger partial charge in [0.05, 0.1) is 25.5 Å². The second kappa shape index (κ2) is 9.57. The number of benzene rings is 1. The van der Waals surface area contributed by atoms with Gasteiger partial charge in [0.25, 0.3) is 0 Å². The van der Waals surface area contributed by atoms with Gasteiger partial charge >= 0.3 is 6.09 Å². The summed E-state index contributed by atoms with van der Waals surface area (Å²) in [5, 5.41) is 2.72. The molecule has 172 valence electrons. The molecule has 4 rings (SSSR count). The number of amides is 2. The fourth-order valence-corrected chi connectivity index (χ4v) is 4.95. The van der Waals surface area contributed by atoms with Crippen molar-refractivity contribution in [2.45, 2.75) is 51.6 Å². The SMILES string of the molecule is COC(=O)N[C@H](C(=O)N1CCC[C@H]1c1[nH]c(-c2ccc(Br)cc2)c2c1CCCO2)C(C)C. The average Bonchev–Trinajstić information content (AvgIpc) is 3.42. The maximum absolute atomic E-state index is 13.5. The smallest absolute Gasteiger partial charge is 0.407 e. The fourth-order valence-electron chi connectivity index (χ4n) is 4.68. The maximum atomic E-state index is 13.5. The largest absolute Gasteiger partial charge is 0.491 e. The van der Waals surface area contributed by atoms with Crippen LogP contribution in [-0.2, 0) is 16.0 Å². The molecule has 0 aliphatic carbocycles. The lowest BCUT2D eigenvalue weighted by Gasteiger charge is -2.31. The van der Waals surface area contributed by atoms with Crippen LogP contribution in [0.2, 0.25) is 0 Å². The summed E-state index contributed by atoms with van der Waals surface area (Å²) in [7, 11) is 1.31. The van der Waals surface area contributed by atoms with E-state index < -0.39 is 12.1 Å². The number of nitrogens with zero attached hydrogens (tertiary/aromatic N) is 1. The van der Waals surface area contributed by atoms with Gasteiger partial charge < -0.3 is 24.7 Å². The predicted molar refractivity (Wildman–Crippen MR) is 126 cm³/mol. The Labute approximate surface area is 197 Å². The molecule has 0 spiro atoms. The molecule has 2 aliphatic rings. The highest BCUT2D eigenvalue weighted by Gasteiger charge is 2.39. The summed E-state index contributed by atoms with van der Waals surface area (Å²) in [5.41, 5.74) is 4.25. The predicted octanol–water partition coefficient (Wildman–Crippen LogP) is 4.81. The minimum absolute atomic E-state index is 0.0536. The number of carbonyl (C=O) groups excluding carboxylic acids is 2. The van der Waals surface area contributed by atoms with E-state index in [1.807, 2.05) is 30.9 Å². The highest BCUT2D eigenvalue weighted by atomic mass is 79.9. The molecule has 7 nitrogen and oxygen atoms in total. The Hall–Kier alpha value is -2.48. The number of aromatic amines is 1. The number of likely N-dealkylation sites (tertiary alicyclic amines) is 1. The molecule has 1 aromatic heterocycles. The highest BCUT2D eigenvalue weighted by Crippen LogP contribution is 2.44. The first-order valence-corrected chi connectivity index (χ1v) is 12.0. The van der Waals surface area contributed by atoms with Gasteiger partial charge in [0.1, 0.15) is 11.8 Å². The third-order valence-electron chi connectivity index (χ3n) is 6.30. The summed E-state index contributed by atoms with van der Waals surface area (Å²) in [6.07, 6.45) is 3.08. The summed E-state index contributed by atoms with van der Waals surface area (Å²) in [4.78, 5) is 30.9. The van der Waals surface area contributed by atoms with Crippen molar-refractivity contribution in [1.82, 2.24) is 15.2 Å². The number of ether oxygens (including phenoxy) is 2. The van der Waals surface area contributed by atoms with E-state index in [0.717, 1.165) is 52.9 Å². The second-order valence-corrected chi connectivity index (χ2v) is 9.64. The van der Waals surface area contributed by atoms with Gasteiger partial charge in [-0.05, 0) is 43.7 Å². The number of H-pyrrole nitrogens is 1. The van der Waals surface area contributed by atoms with Crippen LogP contribution in [-0.4, -0.2) is 48.2 Å². The van der Waals surface area contributed by atoms with Crippen LogP contribution >= 0.6 is 15.9 Å². The number of aromatic nitrogens is 1. The van der Waals surface area contributed by atoms with E-state index in [1.54, 1.807) is 0 Å². The van der Waals surface area contributed by atoms with Crippen molar-refractivity contribution in [3.63, 3.8) is 0 Å². The van der Waals surface area contributed by atoms with Crippen molar-refractivity contribution in [1.29, 1.82) is 0 Å². The second-order valence-electron chi connectivity index (χ2n) is 8.73. The summed E-state index contributed by atoms with van der Waals surface area (Å²) in [6, 6.07) is 7.46. The Morgan fingerprint density at radius 3 is 2.69 bits per heavy atom. The molecule has 0 unspecified atom stereocenters. The maximum Gasteiger partial charge on any atom is 0.407 e. The minimum Gasteiger partial charge on any atom is -0.491 e. The van der Waals surface area contributed by atoms with Gasteiger partial charge in [-0.15, -0.1) is 0 Å². The summed E-state index contributed by atoms with van der Waals surface area (Å²) in [6.45, 7) is 5.22. The summed E-state index contributed by atoms with van der Waals surface area (Å²) >= 11 is 3.50. The van der Waals surface area contributed by atoms with E-state index in [2.05, 4.69) is 38.4 Å². The van der Waals surface area contributed by atoms with Crippen molar-refractivity contribution in [3.8, 4) is 17.0 Å². The van der Waals surface area contributed by atoms with Crippen LogP contribution in [0.5, 0.6) is 5.75 Å². The third kappa shape index (κ3) is 4.37. The van der Waals surface area contributed by atoms with E-state index in [9.17, 15) is 9.59 Å². The summed E-state index contributed by atoms with van der Waals surface area (Å²) < 4.78 is 11.9. The number of fused-ring (bicyclic) bond motifs is 1. The number of rotatable bonds is 5. The van der Waals surface area contributed by atoms with Gasteiger partial charge in [0, 0.05) is 27.8 Å². The van der Waals surface area contributed by atoms with E-state index in [-0.39, 0.29) is 17.9 Å². The van der Waals surface area contributed by atoms with Crippen LogP contribution in [0.25, 0.3) is 11.3 Å². The van der Waals surface area contributed by atoms with E-state index in [0.29, 0.717) is 13.2 Å². The molecule has 32 heavy (non-hydrogen) atoms. The Morgan fingerprint density at radius 2 is 2.00 bits per heavy atom. The molecule has 0 bridgehead atoms. The molecule has 2 N–H and O–H groups in total. The molecular weight excluding hydrogens is 474 g/mol. The number of hydrogen-bond donors (Lipinski definition) is 2. The number of carbonyl (C=O) groups is 2. The van der Waals surface area contributed by atoms with Gasteiger partial charge in [-0.25, -0.2) is 4.79 Å². The molecule has 0 saturated carbocycles. The van der Waals surface area contributed by atoms with Crippen LogP contribution < -0.4 is 10.1 Å². The van der Waals surface area contributed by atoms with Crippen LogP contribution in [0.4, 0.5) is 4.79 Å². The van der Waals surface area contributed by atoms with E-state index in [1.165, 1.54) is 12.7 Å². The van der Waals surface area contributed by atoms with Gasteiger partial charge in [-0.1, -0.05) is 41.9 Å². The number of nitrogens with one attached hydrogen (secondary N) is 2. The quantitative estimate of drug-likeness (QED) is 0.612. The lowest BCUT2D eigenvalue weighted by molar-refractivity contribution is -0.135. The van der Waals surface area contributed by atoms with Gasteiger partial charge in [-0.2, -0.15) is 0 Å². The minimum atomic E-state index is -0.629. The lowest BCUT2D eigenvalue weighted by atomic mass is 9.99. The number of hydrogen-bond acceptors (Lipinski definition) is 4. The molecule has 2 atom stereocenters. The molecule has 2 aromatic rings. The first-order chi connectivity index (χ1) is 15.4. The Morgan fingerprint density at radius 1 is 1.25 bits per heavy atom. The fraction of sp³-hybridized carbons (Fsp3) is 0.500. The normalized spacial score (nSPS) is 18.8. The van der Waals surface area contributed by atoms with Gasteiger partial charge in [-0.3, -0.25) is 4.79 Å². The van der Waals surface area contributed by atoms with E-state index in [4.69, 9.17) is 9.47 Å². The highest BCUT2D eigenvalue weighted by molar-refractivity contribution is 9.10. The zero-order valence-corrected chi connectivity index (χ0v) is 20.3. The van der Waals surface area contributed by atoms with Crippen molar-refractivity contribution in [3.05, 3.63) is 40.0 Å². The number of methoxy groups -OCH3 is 1. The molecule has 8 heteroatoms. The first-order valence-electron chi connectivity index (χ1n) is 11.2. The zero-order chi connectivity index (χ0) is 22.8. The van der Waals surface area contributed by atoms with Crippen molar-refractivity contribution >= 4 is 27.9 Å². The first kappa shape index (κ1) is 22.7. The molecule has 3 heterocycles. The van der Waals surface area contributed by atoms with Crippen LogP contribution in [0.1, 0.15) is 50.4 Å². The van der Waals surface area contributed by atoms with E-state index >= 15 is 0 Å². The Bertz CT molecular complexity index is 986. The molecular formula is C24H30BrN3O4. The van der Waals surface area contributed by atoms with Crippen LogP contribution in [0.15, 0.2) is 28.7 Å². The number of halogens is 1. The standard InChI is InChI=1S/C24H30BrN3O4/c1-14(2)19(27-24(30)31-3)23(29)28-12-4-7-18(28)21-17-6-5-13-32-22(17)20(26-21)15-8-10-16(25)11-9-15/h8-11,14,18-19,26H,4-7,12-13H2,1-3H3,(H,27,30)/t18-,19-/m0/s1. The molecule has 2 amide bonds. The molecule has 1 saturated heterocycles. The average molecular weight is 504 g/mol. The Balaban J connectivity index is 1.68. The monoisotopic (exact) mass is 503 g/mol. The molecule has 1 aromatic carbocycles. The number of alkyl carbamates (subject to hydrolysis) is 1. The van der Waals surface area contributed by atoms with Crippen molar-refractivity contribution < 1.29 is 19.1 Å². The van der Waals surface area contributed by atoms with Gasteiger partial charge in [0.2, 0.25) is 5.91 Å². The Kier molecular flexibility index (Phi) is 6.79. The lowest BCUT2D eigenvalue weighted by Crippen LogP contribution is -2.51. The third-order valence-corrected chi connectivity index (χ3v) is 6.83. The molecule has 2 aliphatic heterocycles.